The van der Waals surface area contributed by atoms with Crippen LogP contribution in [-0.2, 0) is 6.18 Å². The third-order valence-electron chi connectivity index (χ3n) is 4.64. The van der Waals surface area contributed by atoms with Crippen LogP contribution >= 0.6 is 0 Å². The lowest BCUT2D eigenvalue weighted by Crippen LogP contribution is -2.26. The Morgan fingerprint density at radius 2 is 1.69 bits per heavy atom. The maximum Gasteiger partial charge on any atom is 0.416 e. The molecule has 1 aromatic heterocycles. The Balaban J connectivity index is 2.00. The number of halogens is 3. The average Bonchev–Trinajstić information content (AvgIpc) is 2.60. The molecule has 0 saturated heterocycles. The minimum atomic E-state index is -4.35. The van der Waals surface area contributed by atoms with Crippen LogP contribution < -0.4 is 4.90 Å². The van der Waals surface area contributed by atoms with Gasteiger partial charge in [0.1, 0.15) is 0 Å². The molecule has 0 N–H and O–H groups in total. The van der Waals surface area contributed by atoms with Crippen molar-refractivity contribution < 1.29 is 13.2 Å². The SMILES string of the molecule is CCCCCN(C)CCCN(C)c1ccnc2cc(C(F)(F)F)ccc12. The van der Waals surface area contributed by atoms with Crippen molar-refractivity contribution in [2.24, 2.45) is 0 Å². The highest BCUT2D eigenvalue weighted by molar-refractivity contribution is 5.91. The lowest BCUT2D eigenvalue weighted by Gasteiger charge is -2.23. The first kappa shape index (κ1) is 20.5. The van der Waals surface area contributed by atoms with Gasteiger partial charge >= 0.3 is 6.18 Å². The number of aromatic nitrogens is 1. The molecule has 0 aliphatic rings. The molecule has 0 saturated carbocycles. The Morgan fingerprint density at radius 3 is 2.38 bits per heavy atom. The second-order valence-electron chi connectivity index (χ2n) is 6.85. The summed E-state index contributed by atoms with van der Waals surface area (Å²) >= 11 is 0. The highest BCUT2D eigenvalue weighted by atomic mass is 19.4. The van der Waals surface area contributed by atoms with E-state index >= 15 is 0 Å². The zero-order valence-electron chi connectivity index (χ0n) is 15.8. The zero-order chi connectivity index (χ0) is 19.2. The first-order chi connectivity index (χ1) is 12.3. The third-order valence-corrected chi connectivity index (χ3v) is 4.64. The van der Waals surface area contributed by atoms with Crippen molar-refractivity contribution in [1.82, 2.24) is 9.88 Å². The summed E-state index contributed by atoms with van der Waals surface area (Å²) in [6, 6.07) is 5.63. The van der Waals surface area contributed by atoms with Crippen LogP contribution in [0.5, 0.6) is 0 Å². The Labute approximate surface area is 153 Å². The fourth-order valence-electron chi connectivity index (χ4n) is 3.08. The number of nitrogens with zero attached hydrogens (tertiary/aromatic N) is 3. The van der Waals surface area contributed by atoms with E-state index in [9.17, 15) is 13.2 Å². The summed E-state index contributed by atoms with van der Waals surface area (Å²) in [7, 11) is 4.11. The molecule has 1 aromatic carbocycles. The summed E-state index contributed by atoms with van der Waals surface area (Å²) < 4.78 is 38.7. The van der Waals surface area contributed by atoms with Gasteiger partial charge in [-0.2, -0.15) is 13.2 Å². The summed E-state index contributed by atoms with van der Waals surface area (Å²) in [5, 5.41) is 0.749. The Kier molecular flexibility index (Phi) is 7.26. The van der Waals surface area contributed by atoms with E-state index in [1.807, 2.05) is 13.1 Å². The summed E-state index contributed by atoms with van der Waals surface area (Å²) in [6.45, 7) is 5.16. The van der Waals surface area contributed by atoms with E-state index in [1.165, 1.54) is 25.3 Å². The molecule has 3 nitrogen and oxygen atoms in total. The van der Waals surface area contributed by atoms with Gasteiger partial charge < -0.3 is 9.80 Å². The molecule has 26 heavy (non-hydrogen) atoms. The fourth-order valence-corrected chi connectivity index (χ4v) is 3.08. The molecule has 0 amide bonds. The maximum absolute atomic E-state index is 12.9. The van der Waals surface area contributed by atoms with Crippen LogP contribution in [0.25, 0.3) is 10.9 Å². The largest absolute Gasteiger partial charge is 0.416 e. The van der Waals surface area contributed by atoms with E-state index in [0.717, 1.165) is 49.3 Å². The molecule has 6 heteroatoms. The average molecular weight is 367 g/mol. The van der Waals surface area contributed by atoms with Crippen LogP contribution in [0.15, 0.2) is 30.5 Å². The number of hydrogen-bond donors (Lipinski definition) is 0. The first-order valence-corrected chi connectivity index (χ1v) is 9.18. The minimum Gasteiger partial charge on any atom is -0.374 e. The van der Waals surface area contributed by atoms with Crippen molar-refractivity contribution in [2.75, 3.05) is 38.6 Å². The van der Waals surface area contributed by atoms with E-state index in [1.54, 1.807) is 6.20 Å². The lowest BCUT2D eigenvalue weighted by molar-refractivity contribution is -0.137. The number of rotatable bonds is 9. The molecule has 2 aromatic rings. The number of pyridine rings is 1. The van der Waals surface area contributed by atoms with Crippen molar-refractivity contribution in [2.45, 2.75) is 38.8 Å². The van der Waals surface area contributed by atoms with E-state index in [4.69, 9.17) is 0 Å². The van der Waals surface area contributed by atoms with Gasteiger partial charge in [0.2, 0.25) is 0 Å². The number of hydrogen-bond acceptors (Lipinski definition) is 3. The molecule has 0 aliphatic carbocycles. The Bertz CT molecular complexity index is 700. The van der Waals surface area contributed by atoms with Crippen molar-refractivity contribution >= 4 is 16.6 Å². The molecular weight excluding hydrogens is 339 g/mol. The smallest absolute Gasteiger partial charge is 0.374 e. The molecular formula is C20H28F3N3. The second-order valence-corrected chi connectivity index (χ2v) is 6.85. The molecule has 0 unspecified atom stereocenters. The van der Waals surface area contributed by atoms with E-state index in [-0.39, 0.29) is 0 Å². The Morgan fingerprint density at radius 1 is 0.962 bits per heavy atom. The summed E-state index contributed by atoms with van der Waals surface area (Å²) in [5.74, 6) is 0. The summed E-state index contributed by atoms with van der Waals surface area (Å²) in [6.07, 6.45) is 1.93. The first-order valence-electron chi connectivity index (χ1n) is 9.18. The topological polar surface area (TPSA) is 19.4 Å². The number of fused-ring (bicyclic) bond motifs is 1. The summed E-state index contributed by atoms with van der Waals surface area (Å²) in [5.41, 5.74) is 0.629. The zero-order valence-corrected chi connectivity index (χ0v) is 15.8. The fraction of sp³-hybridized carbons (Fsp3) is 0.550. The lowest BCUT2D eigenvalue weighted by atomic mass is 10.1. The minimum absolute atomic E-state index is 0.376. The van der Waals surface area contributed by atoms with Crippen LogP contribution in [0.1, 0.15) is 38.2 Å². The molecule has 0 bridgehead atoms. The van der Waals surface area contributed by atoms with Gasteiger partial charge in [-0.3, -0.25) is 4.98 Å². The van der Waals surface area contributed by atoms with Crippen molar-refractivity contribution in [3.05, 3.63) is 36.0 Å². The molecule has 1 heterocycles. The van der Waals surface area contributed by atoms with Gasteiger partial charge in [0.25, 0.3) is 0 Å². The van der Waals surface area contributed by atoms with E-state index in [2.05, 4.69) is 28.8 Å². The highest BCUT2D eigenvalue weighted by Gasteiger charge is 2.30. The van der Waals surface area contributed by atoms with E-state index in [0.29, 0.717) is 5.52 Å². The third kappa shape index (κ3) is 5.59. The van der Waals surface area contributed by atoms with Crippen LogP contribution in [0.3, 0.4) is 0 Å². The summed E-state index contributed by atoms with van der Waals surface area (Å²) in [4.78, 5) is 8.55. The Hall–Kier alpha value is -1.82. The van der Waals surface area contributed by atoms with Gasteiger partial charge in [-0.1, -0.05) is 25.8 Å². The normalized spacial score (nSPS) is 12.1. The van der Waals surface area contributed by atoms with Gasteiger partial charge in [0, 0.05) is 30.9 Å². The van der Waals surface area contributed by atoms with Gasteiger partial charge in [0.15, 0.2) is 0 Å². The molecule has 0 fully saturated rings. The second kappa shape index (κ2) is 9.21. The number of unbranched alkanes of at least 4 members (excludes halogenated alkanes) is 2. The van der Waals surface area contributed by atoms with Crippen molar-refractivity contribution in [3.8, 4) is 0 Å². The van der Waals surface area contributed by atoms with Crippen LogP contribution in [-0.4, -0.2) is 43.6 Å². The predicted molar refractivity (Wildman–Crippen MR) is 102 cm³/mol. The predicted octanol–water partition coefficient (Wildman–Crippen LogP) is 5.20. The number of benzene rings is 1. The maximum atomic E-state index is 12.9. The highest BCUT2D eigenvalue weighted by Crippen LogP contribution is 2.33. The monoisotopic (exact) mass is 367 g/mol. The van der Waals surface area contributed by atoms with Crippen molar-refractivity contribution in [3.63, 3.8) is 0 Å². The van der Waals surface area contributed by atoms with Crippen molar-refractivity contribution in [1.29, 1.82) is 0 Å². The van der Waals surface area contributed by atoms with Crippen LogP contribution in [0.4, 0.5) is 18.9 Å². The van der Waals surface area contributed by atoms with E-state index < -0.39 is 11.7 Å². The molecule has 144 valence electrons. The number of anilines is 1. The molecule has 0 aliphatic heterocycles. The molecule has 2 rings (SSSR count). The van der Waals surface area contributed by atoms with Gasteiger partial charge in [-0.05, 0) is 51.2 Å². The molecule has 0 spiro atoms. The van der Waals surface area contributed by atoms with Gasteiger partial charge in [0.05, 0.1) is 11.1 Å². The van der Waals surface area contributed by atoms with Gasteiger partial charge in [-0.25, -0.2) is 0 Å². The van der Waals surface area contributed by atoms with Crippen LogP contribution in [0, 0.1) is 0 Å². The molecule has 0 radical (unpaired) electrons. The standard InChI is InChI=1S/C20H28F3N3/c1-4-5-6-12-25(2)13-7-14-26(3)19-10-11-24-18-15-16(20(21,22)23)8-9-17(18)19/h8-11,15H,4-7,12-14H2,1-3H3. The molecule has 0 atom stereocenters. The quantitative estimate of drug-likeness (QED) is 0.568. The van der Waals surface area contributed by atoms with Crippen LogP contribution in [0.2, 0.25) is 0 Å². The van der Waals surface area contributed by atoms with Gasteiger partial charge in [-0.15, -0.1) is 0 Å². The number of alkyl halides is 3.